The van der Waals surface area contributed by atoms with E-state index < -0.39 is 0 Å². The van der Waals surface area contributed by atoms with Gasteiger partial charge in [-0.25, -0.2) is 4.39 Å². The minimum Gasteiger partial charge on any atom is -0.333 e. The highest BCUT2D eigenvalue weighted by atomic mass is 79.9. The van der Waals surface area contributed by atoms with Gasteiger partial charge in [-0.1, -0.05) is 34.6 Å². The number of nitrogens with one attached hydrogen (secondary N) is 1. The number of hydrogen-bond acceptors (Lipinski definition) is 3. The van der Waals surface area contributed by atoms with Crippen LogP contribution in [0.25, 0.3) is 0 Å². The summed E-state index contributed by atoms with van der Waals surface area (Å²) in [5.74, 6) is 1.32. The number of hydrogen-bond donors (Lipinski definition) is 1. The Balaban J connectivity index is 2.16. The van der Waals surface area contributed by atoms with E-state index in [0.717, 1.165) is 15.4 Å². The number of aliphatic imine (C=N–C) groups is 1. The molecule has 0 aliphatic carbocycles. The zero-order valence-electron chi connectivity index (χ0n) is 9.71. The highest BCUT2D eigenvalue weighted by Gasteiger charge is 2.19. The minimum absolute atomic E-state index is 0.261. The van der Waals surface area contributed by atoms with Gasteiger partial charge in [-0.2, -0.15) is 0 Å². The van der Waals surface area contributed by atoms with Gasteiger partial charge < -0.3 is 5.32 Å². The number of nitrogens with zero attached hydrogens (tertiary/aromatic N) is 1. The van der Waals surface area contributed by atoms with Gasteiger partial charge in [0, 0.05) is 10.2 Å². The van der Waals surface area contributed by atoms with Gasteiger partial charge in [0.1, 0.15) is 5.82 Å². The first kappa shape index (κ1) is 12.9. The summed E-state index contributed by atoms with van der Waals surface area (Å²) >= 11 is 4.97. The molecule has 0 aromatic heterocycles. The quantitative estimate of drug-likeness (QED) is 0.842. The molecule has 1 aliphatic heterocycles. The van der Waals surface area contributed by atoms with E-state index in [-0.39, 0.29) is 11.9 Å². The van der Waals surface area contributed by atoms with Crippen LogP contribution in [0.2, 0.25) is 0 Å². The molecule has 0 saturated heterocycles. The van der Waals surface area contributed by atoms with E-state index in [1.807, 2.05) is 0 Å². The number of rotatable bonds is 1. The van der Waals surface area contributed by atoms with E-state index in [9.17, 15) is 4.39 Å². The zero-order valence-corrected chi connectivity index (χ0v) is 12.1. The van der Waals surface area contributed by atoms with Crippen LogP contribution >= 0.6 is 27.7 Å². The van der Waals surface area contributed by atoms with Crippen molar-refractivity contribution in [2.24, 2.45) is 10.9 Å². The van der Waals surface area contributed by atoms with Crippen molar-refractivity contribution in [3.05, 3.63) is 28.5 Å². The van der Waals surface area contributed by atoms with Crippen molar-refractivity contribution in [1.29, 1.82) is 0 Å². The predicted octanol–water partition coefficient (Wildman–Crippen LogP) is 4.13. The molecule has 1 aliphatic rings. The molecule has 0 saturated carbocycles. The Morgan fingerprint density at radius 3 is 2.94 bits per heavy atom. The first-order valence-corrected chi connectivity index (χ1v) is 7.27. The average Bonchev–Trinajstić information content (AvgIpc) is 2.29. The fourth-order valence-electron chi connectivity index (χ4n) is 1.48. The monoisotopic (exact) mass is 316 g/mol. The Morgan fingerprint density at radius 1 is 1.47 bits per heavy atom. The third-order valence-electron chi connectivity index (χ3n) is 2.80. The summed E-state index contributed by atoms with van der Waals surface area (Å²) in [4.78, 5) is 4.52. The molecule has 2 rings (SSSR count). The summed E-state index contributed by atoms with van der Waals surface area (Å²) in [6, 6.07) is 5.13. The molecule has 2 nitrogen and oxygen atoms in total. The van der Waals surface area contributed by atoms with Gasteiger partial charge in [-0.3, -0.25) is 4.99 Å². The van der Waals surface area contributed by atoms with Gasteiger partial charge >= 0.3 is 0 Å². The maximum Gasteiger partial charge on any atom is 0.161 e. The van der Waals surface area contributed by atoms with Crippen LogP contribution in [0, 0.1) is 11.7 Å². The third kappa shape index (κ3) is 3.22. The zero-order chi connectivity index (χ0) is 12.4. The minimum atomic E-state index is -0.261. The van der Waals surface area contributed by atoms with Crippen molar-refractivity contribution < 1.29 is 4.39 Å². The normalized spacial score (nSPS) is 24.4. The van der Waals surface area contributed by atoms with Crippen LogP contribution in [0.15, 0.2) is 27.7 Å². The Morgan fingerprint density at radius 2 is 2.24 bits per heavy atom. The van der Waals surface area contributed by atoms with Gasteiger partial charge in [0.05, 0.1) is 11.7 Å². The van der Waals surface area contributed by atoms with Crippen molar-refractivity contribution in [1.82, 2.24) is 0 Å². The lowest BCUT2D eigenvalue weighted by Gasteiger charge is -2.23. The standard InChI is InChI=1S/C12H14BrFN2S/c1-7-6-17-12(15-8(7)2)16-11-5-9(13)3-4-10(11)14/h3-5,7-8H,6H2,1-2H3,(H,15,16). The van der Waals surface area contributed by atoms with Crippen LogP contribution in [-0.2, 0) is 0 Å². The van der Waals surface area contributed by atoms with Crippen molar-refractivity contribution in [2.45, 2.75) is 19.9 Å². The topological polar surface area (TPSA) is 24.4 Å². The maximum atomic E-state index is 13.6. The Hall–Kier alpha value is -0.550. The van der Waals surface area contributed by atoms with Gasteiger partial charge in [-0.15, -0.1) is 0 Å². The Bertz CT molecular complexity index is 450. The molecular weight excluding hydrogens is 303 g/mol. The number of anilines is 1. The second-order valence-corrected chi connectivity index (χ2v) is 6.14. The number of thioether (sulfide) groups is 1. The molecule has 92 valence electrons. The third-order valence-corrected chi connectivity index (χ3v) is 4.46. The molecule has 1 heterocycles. The second kappa shape index (κ2) is 5.40. The SMILES string of the molecule is CC1CSC(Nc2cc(Br)ccc2F)=NC1C. The largest absolute Gasteiger partial charge is 0.333 e. The predicted molar refractivity (Wildman–Crippen MR) is 76.2 cm³/mol. The van der Waals surface area contributed by atoms with Crippen molar-refractivity contribution in [3.63, 3.8) is 0 Å². The molecule has 0 fully saturated rings. The molecule has 2 unspecified atom stereocenters. The number of amidine groups is 1. The van der Waals surface area contributed by atoms with Crippen LogP contribution < -0.4 is 5.32 Å². The molecule has 17 heavy (non-hydrogen) atoms. The number of halogens is 2. The van der Waals surface area contributed by atoms with Crippen molar-refractivity contribution >= 4 is 38.5 Å². The summed E-state index contributed by atoms with van der Waals surface area (Å²) in [5.41, 5.74) is 0.465. The smallest absolute Gasteiger partial charge is 0.161 e. The molecule has 0 spiro atoms. The average molecular weight is 317 g/mol. The molecule has 1 N–H and O–H groups in total. The molecule has 0 radical (unpaired) electrons. The van der Waals surface area contributed by atoms with Crippen LogP contribution in [0.1, 0.15) is 13.8 Å². The van der Waals surface area contributed by atoms with E-state index in [4.69, 9.17) is 0 Å². The molecule has 0 amide bonds. The lowest BCUT2D eigenvalue weighted by Crippen LogP contribution is -2.25. The first-order valence-electron chi connectivity index (χ1n) is 5.49. The van der Waals surface area contributed by atoms with E-state index >= 15 is 0 Å². The molecule has 0 bridgehead atoms. The summed E-state index contributed by atoms with van der Waals surface area (Å²) in [6.07, 6.45) is 0. The summed E-state index contributed by atoms with van der Waals surface area (Å²) < 4.78 is 14.4. The summed E-state index contributed by atoms with van der Waals surface area (Å²) in [5, 5.41) is 3.85. The fraction of sp³-hybridized carbons (Fsp3) is 0.417. The van der Waals surface area contributed by atoms with E-state index in [0.29, 0.717) is 11.6 Å². The van der Waals surface area contributed by atoms with E-state index in [1.54, 1.807) is 23.9 Å². The van der Waals surface area contributed by atoms with Gasteiger partial charge in [0.2, 0.25) is 0 Å². The summed E-state index contributed by atoms with van der Waals surface area (Å²) in [7, 11) is 0. The van der Waals surface area contributed by atoms with Gasteiger partial charge in [0.15, 0.2) is 5.17 Å². The van der Waals surface area contributed by atoms with Crippen LogP contribution in [-0.4, -0.2) is 17.0 Å². The molecule has 1 aromatic carbocycles. The fourth-order valence-corrected chi connectivity index (χ4v) is 2.96. The second-order valence-electron chi connectivity index (χ2n) is 4.21. The van der Waals surface area contributed by atoms with Crippen LogP contribution in [0.3, 0.4) is 0 Å². The van der Waals surface area contributed by atoms with E-state index in [2.05, 4.69) is 40.1 Å². The van der Waals surface area contributed by atoms with Crippen molar-refractivity contribution in [3.8, 4) is 0 Å². The van der Waals surface area contributed by atoms with Crippen LogP contribution in [0.4, 0.5) is 10.1 Å². The molecule has 1 aromatic rings. The Kier molecular flexibility index (Phi) is 4.09. The Labute approximate surface area is 113 Å². The summed E-state index contributed by atoms with van der Waals surface area (Å²) in [6.45, 7) is 4.26. The molecular formula is C12H14BrFN2S. The highest BCUT2D eigenvalue weighted by Crippen LogP contribution is 2.26. The van der Waals surface area contributed by atoms with Gasteiger partial charge in [-0.05, 0) is 31.0 Å². The van der Waals surface area contributed by atoms with Gasteiger partial charge in [0.25, 0.3) is 0 Å². The van der Waals surface area contributed by atoms with Crippen LogP contribution in [0.5, 0.6) is 0 Å². The van der Waals surface area contributed by atoms with E-state index in [1.165, 1.54) is 6.07 Å². The number of benzene rings is 1. The first-order chi connectivity index (χ1) is 8.06. The maximum absolute atomic E-state index is 13.6. The van der Waals surface area contributed by atoms with Crippen molar-refractivity contribution in [2.75, 3.05) is 11.1 Å². The highest BCUT2D eigenvalue weighted by molar-refractivity contribution is 9.10. The molecule has 2 atom stereocenters. The lowest BCUT2D eigenvalue weighted by molar-refractivity contribution is 0.537. The molecule has 5 heteroatoms. The lowest BCUT2D eigenvalue weighted by atomic mass is 10.1.